The number of imide groups is 1. The van der Waals surface area contributed by atoms with Crippen LogP contribution in [0, 0.1) is 23.7 Å². The van der Waals surface area contributed by atoms with E-state index < -0.39 is 0 Å². The minimum Gasteiger partial charge on any atom is -0.355 e. The first-order valence-corrected chi connectivity index (χ1v) is 13.1. The first-order chi connectivity index (χ1) is 15.1. The Morgan fingerprint density at radius 1 is 1.09 bits per heavy atom. The number of hydrogen-bond acceptors (Lipinski definition) is 5. The summed E-state index contributed by atoms with van der Waals surface area (Å²) < 4.78 is 0. The summed E-state index contributed by atoms with van der Waals surface area (Å²) >= 11 is 2.06. The van der Waals surface area contributed by atoms with Gasteiger partial charge >= 0.3 is 0 Å². The molecular formula is C23H36IN5O2S. The number of rotatable bonds is 6. The van der Waals surface area contributed by atoms with Gasteiger partial charge in [0.15, 0.2) is 5.96 Å². The Hall–Kier alpha value is -0.810. The second kappa shape index (κ2) is 10.2. The molecule has 2 saturated carbocycles. The Bertz CT molecular complexity index is 748. The maximum Gasteiger partial charge on any atom is 0.233 e. The maximum atomic E-state index is 12.8. The smallest absolute Gasteiger partial charge is 0.233 e. The van der Waals surface area contributed by atoms with E-state index in [1.165, 1.54) is 55.2 Å². The van der Waals surface area contributed by atoms with Gasteiger partial charge in [-0.05, 0) is 31.1 Å². The number of likely N-dealkylation sites (tertiary alicyclic amines) is 1. The Kier molecular flexibility index (Phi) is 7.76. The van der Waals surface area contributed by atoms with Crippen molar-refractivity contribution in [3.8, 4) is 0 Å². The van der Waals surface area contributed by atoms with Crippen LogP contribution in [-0.4, -0.2) is 84.4 Å². The summed E-state index contributed by atoms with van der Waals surface area (Å²) in [6.07, 6.45) is 10.4. The van der Waals surface area contributed by atoms with Crippen LogP contribution >= 0.6 is 35.7 Å². The van der Waals surface area contributed by atoms with Gasteiger partial charge in [0.2, 0.25) is 11.8 Å². The van der Waals surface area contributed by atoms with E-state index in [0.29, 0.717) is 13.1 Å². The third kappa shape index (κ3) is 4.33. The van der Waals surface area contributed by atoms with Crippen LogP contribution in [0.15, 0.2) is 17.1 Å². The zero-order chi connectivity index (χ0) is 21.4. The molecule has 2 saturated heterocycles. The van der Waals surface area contributed by atoms with E-state index in [2.05, 4.69) is 44.4 Å². The van der Waals surface area contributed by atoms with Crippen molar-refractivity contribution in [3.63, 3.8) is 0 Å². The SMILES string of the molecule is CN=C(NCCN1C(=O)C2C3C=CC(C3)C2C1=O)NCC1(N2CCSCC2)CCCC1.I. The summed E-state index contributed by atoms with van der Waals surface area (Å²) in [6.45, 7) is 4.21. The molecule has 9 heteroatoms. The van der Waals surface area contributed by atoms with E-state index in [9.17, 15) is 9.59 Å². The van der Waals surface area contributed by atoms with Crippen molar-refractivity contribution in [1.29, 1.82) is 0 Å². The number of nitrogens with zero attached hydrogens (tertiary/aromatic N) is 3. The van der Waals surface area contributed by atoms with Gasteiger partial charge in [-0.3, -0.25) is 24.4 Å². The number of carbonyl (C=O) groups is 2. The molecule has 0 aromatic carbocycles. The number of fused-ring (bicyclic) bond motifs is 5. The highest BCUT2D eigenvalue weighted by Gasteiger charge is 2.58. The topological polar surface area (TPSA) is 77.0 Å². The van der Waals surface area contributed by atoms with Crippen LogP contribution in [0.1, 0.15) is 32.1 Å². The molecular weight excluding hydrogens is 537 g/mol. The van der Waals surface area contributed by atoms with Gasteiger partial charge in [0, 0.05) is 56.8 Å². The van der Waals surface area contributed by atoms with Gasteiger partial charge in [-0.1, -0.05) is 25.0 Å². The van der Waals surface area contributed by atoms with E-state index in [0.717, 1.165) is 18.9 Å². The summed E-state index contributed by atoms with van der Waals surface area (Å²) in [7, 11) is 1.79. The van der Waals surface area contributed by atoms with E-state index in [4.69, 9.17) is 0 Å². The number of allylic oxidation sites excluding steroid dienone is 2. The highest BCUT2D eigenvalue weighted by molar-refractivity contribution is 14.0. The van der Waals surface area contributed by atoms with Crippen molar-refractivity contribution >= 4 is 53.5 Å². The van der Waals surface area contributed by atoms with E-state index in [-0.39, 0.29) is 65.0 Å². The molecule has 0 aromatic rings. The van der Waals surface area contributed by atoms with Gasteiger partial charge in [-0.2, -0.15) is 11.8 Å². The Morgan fingerprint density at radius 3 is 2.31 bits per heavy atom. The van der Waals surface area contributed by atoms with Gasteiger partial charge in [0.25, 0.3) is 0 Å². The second-order valence-corrected chi connectivity index (χ2v) is 10.9. The second-order valence-electron chi connectivity index (χ2n) is 9.71. The number of hydrogen-bond donors (Lipinski definition) is 2. The fourth-order valence-electron chi connectivity index (χ4n) is 6.62. The molecule has 2 aliphatic heterocycles. The minimum atomic E-state index is -0.107. The molecule has 7 nitrogen and oxygen atoms in total. The lowest BCUT2D eigenvalue weighted by atomic mass is 9.85. The van der Waals surface area contributed by atoms with Crippen LogP contribution in [0.5, 0.6) is 0 Å². The predicted octanol–water partition coefficient (Wildman–Crippen LogP) is 1.94. The summed E-state index contributed by atoms with van der Waals surface area (Å²) in [5, 5.41) is 6.89. The molecule has 4 fully saturated rings. The van der Waals surface area contributed by atoms with E-state index in [1.807, 2.05) is 0 Å². The number of thioether (sulfide) groups is 1. The van der Waals surface area contributed by atoms with Crippen LogP contribution in [-0.2, 0) is 9.59 Å². The Balaban J connectivity index is 0.00000245. The van der Waals surface area contributed by atoms with Gasteiger partial charge in [-0.25, -0.2) is 0 Å². The maximum absolute atomic E-state index is 12.8. The third-order valence-corrected chi connectivity index (χ3v) is 9.16. The number of nitrogens with one attached hydrogen (secondary N) is 2. The number of aliphatic imine (C=N–C) groups is 1. The van der Waals surface area contributed by atoms with Crippen LogP contribution in [0.2, 0.25) is 0 Å². The van der Waals surface area contributed by atoms with E-state index in [1.54, 1.807) is 7.05 Å². The standard InChI is InChI=1S/C23H35N5O2S.HI/c1-24-22(26-15-23(6-2-3-7-23)27-10-12-31-13-11-27)25-8-9-28-20(29)18-16-4-5-17(14-16)19(18)21(28)30;/h4-5,16-19H,2-3,6-15H2,1H3,(H2,24,25,26);1H. The fraction of sp³-hybridized carbons (Fsp3) is 0.783. The Morgan fingerprint density at radius 2 is 1.72 bits per heavy atom. The zero-order valence-electron chi connectivity index (χ0n) is 18.9. The molecule has 0 radical (unpaired) electrons. The molecule has 4 atom stereocenters. The van der Waals surface area contributed by atoms with Crippen molar-refractivity contribution in [1.82, 2.24) is 20.4 Å². The minimum absolute atomic E-state index is 0. The number of halogens is 1. The van der Waals surface area contributed by atoms with Crippen LogP contribution in [0.3, 0.4) is 0 Å². The average Bonchev–Trinajstić information content (AvgIpc) is 3.58. The molecule has 0 aromatic heterocycles. The Labute approximate surface area is 212 Å². The molecule has 32 heavy (non-hydrogen) atoms. The van der Waals surface area contributed by atoms with Crippen molar-refractivity contribution < 1.29 is 9.59 Å². The molecule has 2 amide bonds. The molecule has 2 bridgehead atoms. The van der Waals surface area contributed by atoms with Gasteiger partial charge < -0.3 is 10.6 Å². The molecule has 2 heterocycles. The van der Waals surface area contributed by atoms with Gasteiger partial charge in [-0.15, -0.1) is 24.0 Å². The monoisotopic (exact) mass is 573 g/mol. The first-order valence-electron chi connectivity index (χ1n) is 11.9. The van der Waals surface area contributed by atoms with Crippen LogP contribution in [0.25, 0.3) is 0 Å². The zero-order valence-corrected chi connectivity index (χ0v) is 22.1. The highest BCUT2D eigenvalue weighted by atomic mass is 127. The quantitative estimate of drug-likeness (QED) is 0.166. The largest absolute Gasteiger partial charge is 0.355 e. The lowest BCUT2D eigenvalue weighted by molar-refractivity contribution is -0.140. The molecule has 178 valence electrons. The molecule has 5 aliphatic rings. The van der Waals surface area contributed by atoms with Crippen molar-refractivity contribution in [2.75, 3.05) is 51.3 Å². The molecule has 5 rings (SSSR count). The van der Waals surface area contributed by atoms with Crippen molar-refractivity contribution in [3.05, 3.63) is 12.2 Å². The number of carbonyl (C=O) groups excluding carboxylic acids is 2. The first kappa shape index (κ1) is 24.3. The molecule has 0 spiro atoms. The lowest BCUT2D eigenvalue weighted by Crippen LogP contribution is -2.57. The van der Waals surface area contributed by atoms with Crippen molar-refractivity contribution in [2.45, 2.75) is 37.6 Å². The predicted molar refractivity (Wildman–Crippen MR) is 139 cm³/mol. The highest BCUT2D eigenvalue weighted by Crippen LogP contribution is 2.52. The van der Waals surface area contributed by atoms with E-state index >= 15 is 0 Å². The number of amides is 2. The molecule has 4 unspecified atom stereocenters. The summed E-state index contributed by atoms with van der Waals surface area (Å²) in [5.41, 5.74) is 0.239. The summed E-state index contributed by atoms with van der Waals surface area (Å²) in [5.74, 6) is 3.61. The lowest BCUT2D eigenvalue weighted by Gasteiger charge is -2.43. The summed E-state index contributed by atoms with van der Waals surface area (Å²) in [6, 6.07) is 0. The number of guanidine groups is 1. The van der Waals surface area contributed by atoms with Crippen molar-refractivity contribution in [2.24, 2.45) is 28.7 Å². The van der Waals surface area contributed by atoms with Gasteiger partial charge in [0.05, 0.1) is 11.8 Å². The average molecular weight is 574 g/mol. The van der Waals surface area contributed by atoms with Gasteiger partial charge in [0.1, 0.15) is 0 Å². The normalized spacial score (nSPS) is 33.5. The molecule has 3 aliphatic carbocycles. The van der Waals surface area contributed by atoms with Crippen LogP contribution in [0.4, 0.5) is 0 Å². The molecule has 2 N–H and O–H groups in total. The third-order valence-electron chi connectivity index (χ3n) is 8.21. The fourth-order valence-corrected chi connectivity index (χ4v) is 7.52. The summed E-state index contributed by atoms with van der Waals surface area (Å²) in [4.78, 5) is 34.3. The van der Waals surface area contributed by atoms with Crippen LogP contribution < -0.4 is 10.6 Å².